The summed E-state index contributed by atoms with van der Waals surface area (Å²) < 4.78 is 19.6. The number of hydrogen-bond donors (Lipinski definition) is 0. The zero-order valence-corrected chi connectivity index (χ0v) is 11.4. The smallest absolute Gasteiger partial charge is 0.358 e. The minimum Gasteiger partial charge on any atom is -0.461 e. The van der Waals surface area contributed by atoms with Crippen molar-refractivity contribution in [3.63, 3.8) is 0 Å². The number of pyridine rings is 1. The van der Waals surface area contributed by atoms with E-state index in [1.165, 1.54) is 12.1 Å². The van der Waals surface area contributed by atoms with Gasteiger partial charge < -0.3 is 9.14 Å². The third-order valence-electron chi connectivity index (χ3n) is 3.11. The molecule has 0 radical (unpaired) electrons. The van der Waals surface area contributed by atoms with E-state index < -0.39 is 5.97 Å². The van der Waals surface area contributed by atoms with Crippen molar-refractivity contribution >= 4 is 11.6 Å². The molecule has 0 N–H and O–H groups in total. The Bertz CT molecular complexity index is 794. The number of halogens is 1. The summed E-state index contributed by atoms with van der Waals surface area (Å²) in [6, 6.07) is 9.93. The fraction of sp³-hybridized carbons (Fsp3) is 0.125. The van der Waals surface area contributed by atoms with Gasteiger partial charge in [0.05, 0.1) is 6.61 Å². The molecule has 0 amide bonds. The maximum absolute atomic E-state index is 13.0. The van der Waals surface area contributed by atoms with Gasteiger partial charge >= 0.3 is 5.97 Å². The van der Waals surface area contributed by atoms with Gasteiger partial charge in [0.25, 0.3) is 0 Å². The molecule has 21 heavy (non-hydrogen) atoms. The van der Waals surface area contributed by atoms with Crippen LogP contribution in [0, 0.1) is 5.82 Å². The highest BCUT2D eigenvalue weighted by Gasteiger charge is 2.11. The highest BCUT2D eigenvalue weighted by atomic mass is 19.1. The van der Waals surface area contributed by atoms with Gasteiger partial charge in [-0.15, -0.1) is 0 Å². The van der Waals surface area contributed by atoms with Crippen molar-refractivity contribution in [3.05, 3.63) is 60.3 Å². The Kier molecular flexibility index (Phi) is 3.39. The zero-order valence-electron chi connectivity index (χ0n) is 11.4. The monoisotopic (exact) mass is 284 g/mol. The minimum absolute atomic E-state index is 0.271. The molecule has 5 heteroatoms. The molecule has 3 rings (SSSR count). The lowest BCUT2D eigenvalue weighted by Crippen LogP contribution is -2.04. The highest BCUT2D eigenvalue weighted by Crippen LogP contribution is 2.20. The van der Waals surface area contributed by atoms with Crippen molar-refractivity contribution in [3.8, 4) is 11.1 Å². The molecule has 3 aromatic rings. The Morgan fingerprint density at radius 1 is 1.14 bits per heavy atom. The van der Waals surface area contributed by atoms with Gasteiger partial charge in [-0.05, 0) is 42.3 Å². The van der Waals surface area contributed by atoms with Gasteiger partial charge in [-0.2, -0.15) is 0 Å². The average molecular weight is 284 g/mol. The third-order valence-corrected chi connectivity index (χ3v) is 3.11. The van der Waals surface area contributed by atoms with E-state index >= 15 is 0 Å². The standard InChI is InChI=1S/C16H13FN2O2/c1-2-21-16(20)14-10-19-9-12(5-8-15(19)18-14)11-3-6-13(17)7-4-11/h3-10H,2H2,1H3. The van der Waals surface area contributed by atoms with Crippen molar-refractivity contribution in [1.29, 1.82) is 0 Å². The number of aromatic nitrogens is 2. The van der Waals surface area contributed by atoms with Crippen molar-refractivity contribution in [1.82, 2.24) is 9.38 Å². The minimum atomic E-state index is -0.440. The van der Waals surface area contributed by atoms with Gasteiger partial charge in [-0.25, -0.2) is 14.2 Å². The van der Waals surface area contributed by atoms with Crippen molar-refractivity contribution in [2.75, 3.05) is 6.61 Å². The molecule has 0 fully saturated rings. The summed E-state index contributed by atoms with van der Waals surface area (Å²) in [5.74, 6) is -0.711. The molecule has 4 nitrogen and oxygen atoms in total. The number of benzene rings is 1. The number of nitrogens with zero attached hydrogens (tertiary/aromatic N) is 2. The first-order chi connectivity index (χ1) is 10.2. The first kappa shape index (κ1) is 13.3. The molecule has 0 saturated heterocycles. The van der Waals surface area contributed by atoms with E-state index in [1.807, 2.05) is 12.3 Å². The molecule has 2 aromatic heterocycles. The summed E-state index contributed by atoms with van der Waals surface area (Å²) in [7, 11) is 0. The van der Waals surface area contributed by atoms with Crippen molar-refractivity contribution in [2.24, 2.45) is 0 Å². The molecule has 0 aliphatic carbocycles. The summed E-state index contributed by atoms with van der Waals surface area (Å²) in [4.78, 5) is 15.9. The SMILES string of the molecule is CCOC(=O)c1cn2cc(-c3ccc(F)cc3)ccc2n1. The second kappa shape index (κ2) is 5.36. The average Bonchev–Trinajstić information content (AvgIpc) is 2.91. The second-order valence-electron chi connectivity index (χ2n) is 4.54. The highest BCUT2D eigenvalue weighted by molar-refractivity contribution is 5.88. The maximum Gasteiger partial charge on any atom is 0.358 e. The van der Waals surface area contributed by atoms with Crippen molar-refractivity contribution in [2.45, 2.75) is 6.92 Å². The Hall–Kier alpha value is -2.69. The summed E-state index contributed by atoms with van der Waals surface area (Å²) >= 11 is 0. The molecule has 0 bridgehead atoms. The predicted molar refractivity (Wildman–Crippen MR) is 76.5 cm³/mol. The van der Waals surface area contributed by atoms with Crippen LogP contribution < -0.4 is 0 Å². The molecular weight excluding hydrogens is 271 g/mol. The first-order valence-corrected chi connectivity index (χ1v) is 6.59. The van der Waals surface area contributed by atoms with Crippen LogP contribution in [0.2, 0.25) is 0 Å². The molecule has 106 valence electrons. The van der Waals surface area contributed by atoms with Crippen LogP contribution in [0.15, 0.2) is 48.8 Å². The number of fused-ring (bicyclic) bond motifs is 1. The van der Waals surface area contributed by atoms with Crippen LogP contribution in [-0.2, 0) is 4.74 Å². The molecule has 1 aromatic carbocycles. The number of imidazole rings is 1. The summed E-state index contributed by atoms with van der Waals surface area (Å²) in [6.45, 7) is 2.06. The van der Waals surface area contributed by atoms with Crippen LogP contribution >= 0.6 is 0 Å². The van der Waals surface area contributed by atoms with Crippen LogP contribution in [0.4, 0.5) is 4.39 Å². The molecule has 0 unspecified atom stereocenters. The Labute approximate surface area is 120 Å². The summed E-state index contributed by atoms with van der Waals surface area (Å²) in [5, 5.41) is 0. The lowest BCUT2D eigenvalue weighted by atomic mass is 10.1. The van der Waals surface area contributed by atoms with E-state index in [4.69, 9.17) is 4.74 Å². The van der Waals surface area contributed by atoms with E-state index in [0.717, 1.165) is 11.1 Å². The van der Waals surface area contributed by atoms with Gasteiger partial charge in [0.1, 0.15) is 11.5 Å². The summed E-state index contributed by atoms with van der Waals surface area (Å²) in [5.41, 5.74) is 2.73. The Balaban J connectivity index is 2.00. The lowest BCUT2D eigenvalue weighted by molar-refractivity contribution is 0.0520. The maximum atomic E-state index is 13.0. The fourth-order valence-corrected chi connectivity index (χ4v) is 2.11. The molecule has 0 aliphatic rings. The second-order valence-corrected chi connectivity index (χ2v) is 4.54. The van der Waals surface area contributed by atoms with E-state index in [1.54, 1.807) is 35.7 Å². The van der Waals surface area contributed by atoms with Crippen LogP contribution in [0.1, 0.15) is 17.4 Å². The van der Waals surface area contributed by atoms with Gasteiger partial charge in [0, 0.05) is 12.4 Å². The van der Waals surface area contributed by atoms with E-state index in [9.17, 15) is 9.18 Å². The lowest BCUT2D eigenvalue weighted by Gasteiger charge is -2.02. The predicted octanol–water partition coefficient (Wildman–Crippen LogP) is 3.32. The molecule has 0 atom stereocenters. The van der Waals surface area contributed by atoms with Crippen molar-refractivity contribution < 1.29 is 13.9 Å². The molecule has 0 aliphatic heterocycles. The number of rotatable bonds is 3. The van der Waals surface area contributed by atoms with Crippen LogP contribution in [0.5, 0.6) is 0 Å². The third kappa shape index (κ3) is 2.63. The van der Waals surface area contributed by atoms with Gasteiger partial charge in [0.15, 0.2) is 5.69 Å². The van der Waals surface area contributed by atoms with E-state index in [-0.39, 0.29) is 11.5 Å². The number of carbonyl (C=O) groups excluding carboxylic acids is 1. The van der Waals surface area contributed by atoms with Crippen LogP contribution in [0.3, 0.4) is 0 Å². The van der Waals surface area contributed by atoms with Crippen LogP contribution in [0.25, 0.3) is 16.8 Å². The molecule has 0 saturated carbocycles. The fourth-order valence-electron chi connectivity index (χ4n) is 2.11. The Morgan fingerprint density at radius 2 is 1.86 bits per heavy atom. The number of ether oxygens (including phenoxy) is 1. The summed E-state index contributed by atoms with van der Waals surface area (Å²) in [6.07, 6.45) is 3.47. The van der Waals surface area contributed by atoms with Gasteiger partial charge in [-0.1, -0.05) is 12.1 Å². The zero-order chi connectivity index (χ0) is 14.8. The quantitative estimate of drug-likeness (QED) is 0.693. The van der Waals surface area contributed by atoms with E-state index in [2.05, 4.69) is 4.98 Å². The van der Waals surface area contributed by atoms with Gasteiger partial charge in [-0.3, -0.25) is 0 Å². The largest absolute Gasteiger partial charge is 0.461 e. The normalized spacial score (nSPS) is 10.8. The number of hydrogen-bond acceptors (Lipinski definition) is 3. The number of esters is 1. The number of carbonyl (C=O) groups is 1. The van der Waals surface area contributed by atoms with Gasteiger partial charge in [0.2, 0.25) is 0 Å². The van der Waals surface area contributed by atoms with Crippen LogP contribution in [-0.4, -0.2) is 22.0 Å². The Morgan fingerprint density at radius 3 is 2.57 bits per heavy atom. The molecule has 0 spiro atoms. The van der Waals surface area contributed by atoms with E-state index in [0.29, 0.717) is 12.3 Å². The topological polar surface area (TPSA) is 43.6 Å². The first-order valence-electron chi connectivity index (χ1n) is 6.59. The molecule has 2 heterocycles. The molecular formula is C16H13FN2O2.